The van der Waals surface area contributed by atoms with E-state index in [1.54, 1.807) is 12.1 Å². The summed E-state index contributed by atoms with van der Waals surface area (Å²) >= 11 is 0. The number of sulfonamides is 1. The van der Waals surface area contributed by atoms with Crippen LogP contribution >= 0.6 is 0 Å². The molecule has 196 valence electrons. The van der Waals surface area contributed by atoms with Crippen LogP contribution in [0.5, 0.6) is 0 Å². The Labute approximate surface area is 215 Å². The molecule has 2 atom stereocenters. The predicted molar refractivity (Wildman–Crippen MR) is 139 cm³/mol. The van der Waals surface area contributed by atoms with E-state index in [1.807, 2.05) is 6.92 Å². The Hall–Kier alpha value is -2.19. The van der Waals surface area contributed by atoms with Gasteiger partial charge in [0.1, 0.15) is 0 Å². The van der Waals surface area contributed by atoms with E-state index in [4.69, 9.17) is 0 Å². The van der Waals surface area contributed by atoms with Gasteiger partial charge in [-0.05, 0) is 111 Å². The summed E-state index contributed by atoms with van der Waals surface area (Å²) in [6.45, 7) is 6.75. The lowest BCUT2D eigenvalue weighted by Crippen LogP contribution is -2.51. The van der Waals surface area contributed by atoms with Crippen LogP contribution in [0.1, 0.15) is 68.6 Å². The average molecular weight is 514 g/mol. The first-order valence-electron chi connectivity index (χ1n) is 13.5. The van der Waals surface area contributed by atoms with Crippen LogP contribution in [0.3, 0.4) is 0 Å². The van der Waals surface area contributed by atoms with E-state index in [0.717, 1.165) is 24.2 Å². The molecule has 5 aliphatic rings. The Bertz CT molecular complexity index is 1080. The molecule has 2 N–H and O–H groups in total. The van der Waals surface area contributed by atoms with Crippen LogP contribution in [0, 0.1) is 29.1 Å². The molecule has 0 aromatic heterocycles. The van der Waals surface area contributed by atoms with Crippen molar-refractivity contribution in [1.29, 1.82) is 0 Å². The number of amides is 2. The average Bonchev–Trinajstić information content (AvgIpc) is 2.84. The van der Waals surface area contributed by atoms with Gasteiger partial charge < -0.3 is 10.6 Å². The van der Waals surface area contributed by atoms with Crippen LogP contribution < -0.4 is 10.6 Å². The van der Waals surface area contributed by atoms with Crippen molar-refractivity contribution in [3.05, 3.63) is 42.5 Å². The number of nitrogens with zero attached hydrogens (tertiary/aromatic N) is 1. The second-order valence-corrected chi connectivity index (χ2v) is 13.8. The smallest absolute Gasteiger partial charge is 0.251 e. The van der Waals surface area contributed by atoms with Crippen LogP contribution in [0.4, 0.5) is 0 Å². The molecule has 5 fully saturated rings. The fourth-order valence-corrected chi connectivity index (χ4v) is 9.40. The summed E-state index contributed by atoms with van der Waals surface area (Å²) in [4.78, 5) is 24.6. The summed E-state index contributed by atoms with van der Waals surface area (Å²) in [5.74, 6) is 2.31. The summed E-state index contributed by atoms with van der Waals surface area (Å²) in [5, 5.41) is 5.97. The number of benzene rings is 1. The van der Waals surface area contributed by atoms with Gasteiger partial charge in [-0.3, -0.25) is 9.59 Å². The minimum Gasteiger partial charge on any atom is -0.352 e. The maximum Gasteiger partial charge on any atom is 0.251 e. The quantitative estimate of drug-likeness (QED) is 0.518. The van der Waals surface area contributed by atoms with E-state index < -0.39 is 10.0 Å². The van der Waals surface area contributed by atoms with E-state index in [-0.39, 0.29) is 28.7 Å². The summed E-state index contributed by atoms with van der Waals surface area (Å²) in [5.41, 5.74) is 0.914. The zero-order valence-corrected chi connectivity index (χ0v) is 22.1. The maximum atomic E-state index is 13.2. The number of carbonyl (C=O) groups is 2. The van der Waals surface area contributed by atoms with Gasteiger partial charge in [-0.1, -0.05) is 13.5 Å². The van der Waals surface area contributed by atoms with E-state index in [1.165, 1.54) is 61.0 Å². The minimum atomic E-state index is -3.67. The van der Waals surface area contributed by atoms with Crippen molar-refractivity contribution in [3.8, 4) is 0 Å². The van der Waals surface area contributed by atoms with Gasteiger partial charge in [0.25, 0.3) is 5.91 Å². The Balaban J connectivity index is 1.14. The molecule has 4 bridgehead atoms. The predicted octanol–water partition coefficient (Wildman–Crippen LogP) is 3.72. The van der Waals surface area contributed by atoms with Crippen LogP contribution in [0.2, 0.25) is 0 Å². The molecule has 8 heteroatoms. The highest BCUT2D eigenvalue weighted by Crippen LogP contribution is 2.61. The van der Waals surface area contributed by atoms with Gasteiger partial charge in [-0.15, -0.1) is 0 Å². The summed E-state index contributed by atoms with van der Waals surface area (Å²) in [6, 6.07) is 6.19. The molecule has 6 rings (SSSR count). The van der Waals surface area contributed by atoms with Crippen molar-refractivity contribution in [1.82, 2.24) is 14.9 Å². The largest absolute Gasteiger partial charge is 0.352 e. The van der Waals surface area contributed by atoms with E-state index in [0.29, 0.717) is 37.0 Å². The third-order valence-electron chi connectivity index (χ3n) is 9.24. The fourth-order valence-electron chi connectivity index (χ4n) is 7.85. The number of hydrogen-bond acceptors (Lipinski definition) is 4. The van der Waals surface area contributed by atoms with Gasteiger partial charge >= 0.3 is 0 Å². The number of piperidine rings is 1. The molecular formula is C28H39N3O4S. The normalized spacial score (nSPS) is 33.8. The molecule has 4 aliphatic carbocycles. The molecule has 1 saturated heterocycles. The Morgan fingerprint density at radius 2 is 1.69 bits per heavy atom. The second kappa shape index (κ2) is 9.93. The first kappa shape index (κ1) is 25.5. The van der Waals surface area contributed by atoms with Crippen LogP contribution in [-0.4, -0.2) is 50.2 Å². The minimum absolute atomic E-state index is 0.0172. The first-order valence-corrected chi connectivity index (χ1v) is 14.9. The van der Waals surface area contributed by atoms with Gasteiger partial charge in [0.2, 0.25) is 15.9 Å². The molecule has 0 radical (unpaired) electrons. The van der Waals surface area contributed by atoms with E-state index >= 15 is 0 Å². The summed E-state index contributed by atoms with van der Waals surface area (Å²) in [6.07, 6.45) is 11.1. The molecule has 2 amide bonds. The number of nitrogens with one attached hydrogen (secondary N) is 2. The van der Waals surface area contributed by atoms with Crippen molar-refractivity contribution < 1.29 is 18.0 Å². The lowest BCUT2D eigenvalue weighted by atomic mass is 9.49. The van der Waals surface area contributed by atoms with E-state index in [2.05, 4.69) is 17.2 Å². The lowest BCUT2D eigenvalue weighted by Gasteiger charge is -2.57. The molecule has 7 nitrogen and oxygen atoms in total. The molecule has 1 heterocycles. The van der Waals surface area contributed by atoms with Gasteiger partial charge in [-0.2, -0.15) is 4.31 Å². The van der Waals surface area contributed by atoms with E-state index in [9.17, 15) is 18.0 Å². The zero-order valence-electron chi connectivity index (χ0n) is 21.2. The third kappa shape index (κ3) is 5.12. The van der Waals surface area contributed by atoms with Crippen molar-refractivity contribution in [2.24, 2.45) is 29.1 Å². The van der Waals surface area contributed by atoms with Crippen LogP contribution in [-0.2, 0) is 14.8 Å². The van der Waals surface area contributed by atoms with Crippen molar-refractivity contribution in [2.45, 2.75) is 69.2 Å². The highest BCUT2D eigenvalue weighted by Gasteiger charge is 2.50. The Morgan fingerprint density at radius 1 is 1.08 bits per heavy atom. The number of carbonyl (C=O) groups excluding carboxylic acids is 2. The fraction of sp³-hybridized carbons (Fsp3) is 0.643. The highest BCUT2D eigenvalue weighted by atomic mass is 32.2. The second-order valence-electron chi connectivity index (χ2n) is 11.9. The SMILES string of the molecule is C=CC(=O)NC1CCN(S(=O)(=O)c2ccc(C(=O)NCCC34CC5CC(CC(C5)C3)C4)cc2)CC1C. The summed E-state index contributed by atoms with van der Waals surface area (Å²) < 4.78 is 27.9. The Morgan fingerprint density at radius 3 is 2.25 bits per heavy atom. The molecule has 1 aromatic carbocycles. The molecule has 2 unspecified atom stereocenters. The standard InChI is InChI=1S/C28H39N3O4S/c1-3-26(32)30-25-8-11-31(18-19(25)2)36(34,35)24-6-4-23(5-7-24)27(33)29-10-9-28-15-20-12-21(16-28)14-22(13-20)17-28/h3-7,19-22,25H,1,8-18H2,2H3,(H,29,33)(H,30,32). The number of rotatable bonds is 8. The molecular weight excluding hydrogens is 474 g/mol. The Kier molecular flexibility index (Phi) is 7.03. The topological polar surface area (TPSA) is 95.6 Å². The van der Waals surface area contributed by atoms with Gasteiger partial charge in [0.05, 0.1) is 4.90 Å². The van der Waals surface area contributed by atoms with Crippen LogP contribution in [0.15, 0.2) is 41.8 Å². The van der Waals surface area contributed by atoms with Crippen molar-refractivity contribution in [3.63, 3.8) is 0 Å². The maximum absolute atomic E-state index is 13.2. The summed E-state index contributed by atoms with van der Waals surface area (Å²) in [7, 11) is -3.67. The van der Waals surface area contributed by atoms with Gasteiger partial charge in [0, 0.05) is 31.2 Å². The van der Waals surface area contributed by atoms with Crippen LogP contribution in [0.25, 0.3) is 0 Å². The molecule has 36 heavy (non-hydrogen) atoms. The lowest BCUT2D eigenvalue weighted by molar-refractivity contribution is -0.117. The first-order chi connectivity index (χ1) is 17.2. The third-order valence-corrected chi connectivity index (χ3v) is 11.1. The van der Waals surface area contributed by atoms with Crippen molar-refractivity contribution >= 4 is 21.8 Å². The zero-order chi connectivity index (χ0) is 25.5. The molecule has 0 spiro atoms. The monoisotopic (exact) mass is 513 g/mol. The highest BCUT2D eigenvalue weighted by molar-refractivity contribution is 7.89. The number of hydrogen-bond donors (Lipinski definition) is 2. The van der Waals surface area contributed by atoms with Gasteiger partial charge in [-0.25, -0.2) is 8.42 Å². The molecule has 1 aromatic rings. The molecule has 4 saturated carbocycles. The van der Waals surface area contributed by atoms with Gasteiger partial charge in [0.15, 0.2) is 0 Å². The van der Waals surface area contributed by atoms with Crippen molar-refractivity contribution in [2.75, 3.05) is 19.6 Å². The molecule has 1 aliphatic heterocycles.